The second-order valence-corrected chi connectivity index (χ2v) is 3.11. The molecule has 0 bridgehead atoms. The third kappa shape index (κ3) is 2.76. The van der Waals surface area contributed by atoms with Gasteiger partial charge in [0.1, 0.15) is 5.02 Å². The number of nitrogens with zero attached hydrogens (tertiary/aromatic N) is 2. The van der Waals surface area contributed by atoms with Gasteiger partial charge in [-0.15, -0.1) is 6.42 Å². The Balaban J connectivity index is 2.88. The van der Waals surface area contributed by atoms with Gasteiger partial charge in [0.2, 0.25) is 5.28 Å². The van der Waals surface area contributed by atoms with E-state index in [1.165, 1.54) is 6.20 Å². The molecule has 3 nitrogen and oxygen atoms in total. The van der Waals surface area contributed by atoms with Crippen molar-refractivity contribution in [2.24, 2.45) is 0 Å². The van der Waals surface area contributed by atoms with E-state index in [1.807, 2.05) is 6.92 Å². The van der Waals surface area contributed by atoms with Gasteiger partial charge in [0.25, 0.3) is 0 Å². The van der Waals surface area contributed by atoms with Gasteiger partial charge >= 0.3 is 0 Å². The van der Waals surface area contributed by atoms with Crippen LogP contribution in [0, 0.1) is 12.3 Å². The van der Waals surface area contributed by atoms with Gasteiger partial charge in [0.15, 0.2) is 5.82 Å². The Morgan fingerprint density at radius 3 is 2.92 bits per heavy atom. The third-order valence-electron chi connectivity index (χ3n) is 1.32. The molecule has 0 aliphatic rings. The van der Waals surface area contributed by atoms with Gasteiger partial charge in [-0.1, -0.05) is 17.5 Å². The quantitative estimate of drug-likeness (QED) is 0.608. The van der Waals surface area contributed by atoms with Crippen molar-refractivity contribution in [1.82, 2.24) is 9.97 Å². The van der Waals surface area contributed by atoms with Crippen LogP contribution in [0.15, 0.2) is 6.20 Å². The van der Waals surface area contributed by atoms with Gasteiger partial charge in [-0.05, 0) is 18.5 Å². The van der Waals surface area contributed by atoms with Crippen LogP contribution in [0.25, 0.3) is 0 Å². The molecule has 0 fully saturated rings. The largest absolute Gasteiger partial charge is 0.355 e. The maximum absolute atomic E-state index is 5.78. The van der Waals surface area contributed by atoms with Crippen LogP contribution < -0.4 is 5.32 Å². The average Bonchev–Trinajstić information content (AvgIpc) is 2.11. The minimum atomic E-state index is -0.150. The van der Waals surface area contributed by atoms with Gasteiger partial charge in [-0.3, -0.25) is 0 Å². The van der Waals surface area contributed by atoms with E-state index in [0.717, 1.165) is 0 Å². The fourth-order valence-electron chi connectivity index (χ4n) is 0.694. The first-order chi connectivity index (χ1) is 6.13. The summed E-state index contributed by atoms with van der Waals surface area (Å²) in [4.78, 5) is 7.58. The number of hydrogen-bond acceptors (Lipinski definition) is 3. The average molecular weight is 216 g/mol. The lowest BCUT2D eigenvalue weighted by molar-refractivity contribution is 1.00. The molecule has 1 unspecified atom stereocenters. The number of terminal acetylenes is 1. The summed E-state index contributed by atoms with van der Waals surface area (Å²) >= 11 is 11.4. The first-order valence-corrected chi connectivity index (χ1v) is 4.29. The van der Waals surface area contributed by atoms with Gasteiger partial charge in [-0.25, -0.2) is 4.98 Å². The third-order valence-corrected chi connectivity index (χ3v) is 1.78. The number of rotatable bonds is 2. The van der Waals surface area contributed by atoms with Crippen LogP contribution in [-0.4, -0.2) is 16.0 Å². The van der Waals surface area contributed by atoms with E-state index < -0.39 is 0 Å². The van der Waals surface area contributed by atoms with E-state index in [1.54, 1.807) is 0 Å². The highest BCUT2D eigenvalue weighted by Gasteiger charge is 2.05. The zero-order valence-corrected chi connectivity index (χ0v) is 8.39. The van der Waals surface area contributed by atoms with Crippen molar-refractivity contribution in [1.29, 1.82) is 0 Å². The lowest BCUT2D eigenvalue weighted by Gasteiger charge is -2.08. The maximum atomic E-state index is 5.78. The Kier molecular flexibility index (Phi) is 3.35. The summed E-state index contributed by atoms with van der Waals surface area (Å²) in [6.45, 7) is 1.81. The molecule has 0 aliphatic carbocycles. The molecule has 0 aromatic carbocycles. The Labute approximate surface area is 86.5 Å². The lowest BCUT2D eigenvalue weighted by atomic mass is 10.3. The molecule has 1 N–H and O–H groups in total. The SMILES string of the molecule is C#CC(C)Nc1nc(Cl)ncc1Cl. The summed E-state index contributed by atoms with van der Waals surface area (Å²) in [5.74, 6) is 2.94. The van der Waals surface area contributed by atoms with E-state index in [-0.39, 0.29) is 11.3 Å². The van der Waals surface area contributed by atoms with Gasteiger partial charge < -0.3 is 5.32 Å². The minimum Gasteiger partial charge on any atom is -0.355 e. The van der Waals surface area contributed by atoms with Crippen LogP contribution in [0.5, 0.6) is 0 Å². The second-order valence-electron chi connectivity index (χ2n) is 2.37. The topological polar surface area (TPSA) is 37.8 Å². The number of hydrogen-bond donors (Lipinski definition) is 1. The normalized spacial score (nSPS) is 11.8. The Hall–Kier alpha value is -0.980. The summed E-state index contributed by atoms with van der Waals surface area (Å²) < 4.78 is 0. The molecule has 1 rings (SSSR count). The molecule has 0 aliphatic heterocycles. The number of aromatic nitrogens is 2. The first-order valence-electron chi connectivity index (χ1n) is 3.54. The fraction of sp³-hybridized carbons (Fsp3) is 0.250. The van der Waals surface area contributed by atoms with E-state index in [0.29, 0.717) is 10.8 Å². The molecule has 68 valence electrons. The number of anilines is 1. The molecule has 1 aromatic rings. The predicted octanol–water partition coefficient (Wildman–Crippen LogP) is 2.22. The molecule has 13 heavy (non-hydrogen) atoms. The van der Waals surface area contributed by atoms with Crippen LogP contribution in [-0.2, 0) is 0 Å². The lowest BCUT2D eigenvalue weighted by Crippen LogP contribution is -2.13. The molecule has 1 heterocycles. The van der Waals surface area contributed by atoms with Crippen molar-refractivity contribution >= 4 is 29.0 Å². The zero-order chi connectivity index (χ0) is 9.84. The van der Waals surface area contributed by atoms with Crippen LogP contribution >= 0.6 is 23.2 Å². The van der Waals surface area contributed by atoms with Crippen LogP contribution in [0.4, 0.5) is 5.82 Å². The van der Waals surface area contributed by atoms with Crippen molar-refractivity contribution in [2.75, 3.05) is 5.32 Å². The Morgan fingerprint density at radius 2 is 2.31 bits per heavy atom. The van der Waals surface area contributed by atoms with Crippen molar-refractivity contribution in [3.8, 4) is 12.3 Å². The predicted molar refractivity (Wildman–Crippen MR) is 54.0 cm³/mol. The van der Waals surface area contributed by atoms with E-state index in [9.17, 15) is 0 Å². The number of nitrogens with one attached hydrogen (secondary N) is 1. The summed E-state index contributed by atoms with van der Waals surface area (Å²) in [6, 6.07) is -0.150. The van der Waals surface area contributed by atoms with Crippen molar-refractivity contribution in [3.05, 3.63) is 16.5 Å². The molecule has 0 amide bonds. The highest BCUT2D eigenvalue weighted by atomic mass is 35.5. The molecule has 1 aromatic heterocycles. The maximum Gasteiger partial charge on any atom is 0.224 e. The minimum absolute atomic E-state index is 0.135. The van der Waals surface area contributed by atoms with Crippen molar-refractivity contribution in [2.45, 2.75) is 13.0 Å². The van der Waals surface area contributed by atoms with Crippen LogP contribution in [0.3, 0.4) is 0 Å². The van der Waals surface area contributed by atoms with Gasteiger partial charge in [0, 0.05) is 0 Å². The number of halogens is 2. The van der Waals surface area contributed by atoms with Crippen LogP contribution in [0.2, 0.25) is 10.3 Å². The van der Waals surface area contributed by atoms with Crippen molar-refractivity contribution in [3.63, 3.8) is 0 Å². The molecular formula is C8H7Cl2N3. The van der Waals surface area contributed by atoms with Gasteiger partial charge in [-0.2, -0.15) is 4.98 Å². The molecule has 0 radical (unpaired) electrons. The monoisotopic (exact) mass is 215 g/mol. The standard InChI is InChI=1S/C8H7Cl2N3/c1-3-5(2)12-7-6(9)4-11-8(10)13-7/h1,4-5H,2H3,(H,11,12,13). The first kappa shape index (κ1) is 10.1. The van der Waals surface area contributed by atoms with E-state index >= 15 is 0 Å². The smallest absolute Gasteiger partial charge is 0.224 e. The Morgan fingerprint density at radius 1 is 1.62 bits per heavy atom. The van der Waals surface area contributed by atoms with E-state index in [4.69, 9.17) is 29.6 Å². The molecule has 5 heteroatoms. The summed E-state index contributed by atoms with van der Waals surface area (Å²) in [5, 5.41) is 3.43. The summed E-state index contributed by atoms with van der Waals surface area (Å²) in [7, 11) is 0. The van der Waals surface area contributed by atoms with E-state index in [2.05, 4.69) is 21.2 Å². The van der Waals surface area contributed by atoms with Crippen LogP contribution in [0.1, 0.15) is 6.92 Å². The molecule has 0 spiro atoms. The Bertz CT molecular complexity index is 346. The van der Waals surface area contributed by atoms with Crippen molar-refractivity contribution < 1.29 is 0 Å². The molecule has 0 saturated heterocycles. The fourth-order valence-corrected chi connectivity index (χ4v) is 0.972. The molecular weight excluding hydrogens is 209 g/mol. The van der Waals surface area contributed by atoms with Gasteiger partial charge in [0.05, 0.1) is 12.2 Å². The molecule has 1 atom stereocenters. The molecule has 0 saturated carbocycles. The summed E-state index contributed by atoms with van der Waals surface area (Å²) in [5.41, 5.74) is 0. The second kappa shape index (κ2) is 4.31. The summed E-state index contributed by atoms with van der Waals surface area (Å²) in [6.07, 6.45) is 6.60. The highest BCUT2D eigenvalue weighted by Crippen LogP contribution is 2.19. The highest BCUT2D eigenvalue weighted by molar-refractivity contribution is 6.33. The zero-order valence-electron chi connectivity index (χ0n) is 6.88.